The van der Waals surface area contributed by atoms with Gasteiger partial charge >= 0.3 is 0 Å². The van der Waals surface area contributed by atoms with Gasteiger partial charge in [-0.2, -0.15) is 0 Å². The van der Waals surface area contributed by atoms with Crippen molar-refractivity contribution >= 4 is 0 Å². The highest BCUT2D eigenvalue weighted by molar-refractivity contribution is 4.97. The van der Waals surface area contributed by atoms with Crippen molar-refractivity contribution < 1.29 is 0 Å². The second kappa shape index (κ2) is 7.15. The summed E-state index contributed by atoms with van der Waals surface area (Å²) in [5.41, 5.74) is 1.54. The molecule has 1 atom stereocenters. The van der Waals surface area contributed by atoms with Crippen molar-refractivity contribution in [3.8, 4) is 0 Å². The summed E-state index contributed by atoms with van der Waals surface area (Å²) in [7, 11) is 0. The highest BCUT2D eigenvalue weighted by Gasteiger charge is 1.93. The quantitative estimate of drug-likeness (QED) is 0.515. The molecule has 0 radical (unpaired) electrons. The maximum atomic E-state index is 3.77. The third-order valence-corrected chi connectivity index (χ3v) is 2.16. The number of allylic oxidation sites excluding steroid dienone is 3. The maximum Gasteiger partial charge on any atom is -0.0262 e. The van der Waals surface area contributed by atoms with E-state index in [9.17, 15) is 0 Å². The Morgan fingerprint density at radius 1 is 1.50 bits per heavy atom. The van der Waals surface area contributed by atoms with Gasteiger partial charge in [0.25, 0.3) is 0 Å². The molecule has 0 rings (SSSR count). The molecule has 0 fully saturated rings. The minimum absolute atomic E-state index is 0.663. The van der Waals surface area contributed by atoms with Gasteiger partial charge in [-0.3, -0.25) is 0 Å². The van der Waals surface area contributed by atoms with Crippen LogP contribution in [0.15, 0.2) is 24.3 Å². The molecule has 0 aromatic heterocycles. The Hall–Kier alpha value is -0.520. The number of rotatable bonds is 6. The third-order valence-electron chi connectivity index (χ3n) is 2.16. The van der Waals surface area contributed by atoms with E-state index in [1.54, 1.807) is 0 Å². The minimum Gasteiger partial charge on any atom is -0.103 e. The Bertz CT molecular complexity index is 142. The van der Waals surface area contributed by atoms with E-state index < -0.39 is 0 Å². The van der Waals surface area contributed by atoms with E-state index in [1.165, 1.54) is 31.3 Å². The second-order valence-corrected chi connectivity index (χ2v) is 3.59. The highest BCUT2D eigenvalue weighted by Crippen LogP contribution is 2.10. The molecule has 0 heterocycles. The third kappa shape index (κ3) is 6.21. The first kappa shape index (κ1) is 11.5. The molecule has 0 nitrogen and oxygen atoms in total. The molecule has 0 aromatic carbocycles. The van der Waals surface area contributed by atoms with Crippen LogP contribution in [0.1, 0.15) is 46.5 Å². The monoisotopic (exact) mass is 166 g/mol. The van der Waals surface area contributed by atoms with Crippen LogP contribution in [0.25, 0.3) is 0 Å². The first-order valence-electron chi connectivity index (χ1n) is 4.98. The predicted molar refractivity (Wildman–Crippen MR) is 57.3 cm³/mol. The normalized spacial score (nSPS) is 14.4. The van der Waals surface area contributed by atoms with Crippen LogP contribution in [0.5, 0.6) is 0 Å². The van der Waals surface area contributed by atoms with Crippen molar-refractivity contribution in [3.05, 3.63) is 24.3 Å². The van der Waals surface area contributed by atoms with Gasteiger partial charge in [0.05, 0.1) is 0 Å². The van der Waals surface area contributed by atoms with E-state index in [4.69, 9.17) is 0 Å². The summed E-state index contributed by atoms with van der Waals surface area (Å²) in [5.74, 6) is 0.663. The van der Waals surface area contributed by atoms with Crippen molar-refractivity contribution in [3.63, 3.8) is 0 Å². The summed E-state index contributed by atoms with van der Waals surface area (Å²) in [6.45, 7) is 10.4. The molecular formula is C12H22. The fraction of sp³-hybridized carbons (Fsp3) is 0.667. The van der Waals surface area contributed by atoms with E-state index in [0.717, 1.165) is 0 Å². The number of hydrogen-bond acceptors (Lipinski definition) is 0. The van der Waals surface area contributed by atoms with E-state index in [0.29, 0.717) is 5.92 Å². The molecule has 0 spiro atoms. The molecule has 12 heavy (non-hydrogen) atoms. The first-order valence-corrected chi connectivity index (χ1v) is 4.98. The van der Waals surface area contributed by atoms with Gasteiger partial charge in [0, 0.05) is 0 Å². The Morgan fingerprint density at radius 3 is 2.67 bits per heavy atom. The van der Waals surface area contributed by atoms with Gasteiger partial charge in [-0.15, -0.1) is 6.58 Å². The van der Waals surface area contributed by atoms with Gasteiger partial charge in [0.2, 0.25) is 0 Å². The lowest BCUT2D eigenvalue weighted by atomic mass is 10.0. The molecule has 0 bridgehead atoms. The molecule has 0 aliphatic carbocycles. The smallest absolute Gasteiger partial charge is 0.0262 e. The molecule has 0 amide bonds. The topological polar surface area (TPSA) is 0 Å². The summed E-state index contributed by atoms with van der Waals surface area (Å²) in [4.78, 5) is 0. The molecule has 70 valence electrons. The van der Waals surface area contributed by atoms with Gasteiger partial charge < -0.3 is 0 Å². The van der Waals surface area contributed by atoms with Crippen LogP contribution >= 0.6 is 0 Å². The predicted octanol–water partition coefficient (Wildman–Crippen LogP) is 4.34. The van der Waals surface area contributed by atoms with E-state index in [2.05, 4.69) is 33.4 Å². The molecule has 1 unspecified atom stereocenters. The van der Waals surface area contributed by atoms with Crippen molar-refractivity contribution in [2.45, 2.75) is 46.5 Å². The molecule has 0 N–H and O–H groups in total. The zero-order chi connectivity index (χ0) is 9.40. The van der Waals surface area contributed by atoms with Gasteiger partial charge in [-0.1, -0.05) is 38.0 Å². The Labute approximate surface area is 77.4 Å². The summed E-state index contributed by atoms with van der Waals surface area (Å²) in [6, 6.07) is 0. The average molecular weight is 166 g/mol. The molecule has 0 saturated carbocycles. The van der Waals surface area contributed by atoms with Crippen LogP contribution < -0.4 is 0 Å². The Balaban J connectivity index is 3.51. The molecule has 0 aliphatic rings. The fourth-order valence-electron chi connectivity index (χ4n) is 1.21. The lowest BCUT2D eigenvalue weighted by Crippen LogP contribution is -1.87. The minimum atomic E-state index is 0.663. The van der Waals surface area contributed by atoms with Crippen LogP contribution in [0, 0.1) is 5.92 Å². The van der Waals surface area contributed by atoms with E-state index in [-0.39, 0.29) is 0 Å². The lowest BCUT2D eigenvalue weighted by Gasteiger charge is -2.02. The average Bonchev–Trinajstić information content (AvgIpc) is 2.04. The zero-order valence-electron chi connectivity index (χ0n) is 8.77. The molecule has 0 saturated heterocycles. The van der Waals surface area contributed by atoms with E-state index >= 15 is 0 Å². The van der Waals surface area contributed by atoms with Crippen molar-refractivity contribution in [2.24, 2.45) is 5.92 Å². The highest BCUT2D eigenvalue weighted by atomic mass is 14.0. The fourth-order valence-corrected chi connectivity index (χ4v) is 1.21. The van der Waals surface area contributed by atoms with Gasteiger partial charge in [0.15, 0.2) is 0 Å². The van der Waals surface area contributed by atoms with Gasteiger partial charge in [-0.05, 0) is 32.1 Å². The lowest BCUT2D eigenvalue weighted by molar-refractivity contribution is 0.656. The Kier molecular flexibility index (Phi) is 6.84. The van der Waals surface area contributed by atoms with Crippen molar-refractivity contribution in [1.82, 2.24) is 0 Å². The zero-order valence-corrected chi connectivity index (χ0v) is 8.77. The van der Waals surface area contributed by atoms with E-state index in [1.807, 2.05) is 6.08 Å². The van der Waals surface area contributed by atoms with Crippen molar-refractivity contribution in [1.29, 1.82) is 0 Å². The summed E-state index contributed by atoms with van der Waals surface area (Å²) in [5, 5.41) is 0. The van der Waals surface area contributed by atoms with Gasteiger partial charge in [-0.25, -0.2) is 0 Å². The molecule has 0 heteroatoms. The second-order valence-electron chi connectivity index (χ2n) is 3.59. The molecule has 0 aromatic rings. The summed E-state index contributed by atoms with van der Waals surface area (Å²) in [6.07, 6.45) is 9.36. The van der Waals surface area contributed by atoms with Gasteiger partial charge in [0.1, 0.15) is 0 Å². The Morgan fingerprint density at radius 2 is 2.17 bits per heavy atom. The largest absolute Gasteiger partial charge is 0.103 e. The van der Waals surface area contributed by atoms with Crippen LogP contribution in [0.4, 0.5) is 0 Å². The van der Waals surface area contributed by atoms with Crippen LogP contribution in [0.2, 0.25) is 0 Å². The van der Waals surface area contributed by atoms with Crippen LogP contribution in [-0.4, -0.2) is 0 Å². The molecule has 0 aliphatic heterocycles. The molecular weight excluding hydrogens is 144 g/mol. The van der Waals surface area contributed by atoms with Crippen LogP contribution in [-0.2, 0) is 0 Å². The maximum absolute atomic E-state index is 3.77. The SMILES string of the molecule is C=CC(C)CC/C=C(\C)CCC. The summed E-state index contributed by atoms with van der Waals surface area (Å²) < 4.78 is 0. The van der Waals surface area contributed by atoms with Crippen molar-refractivity contribution in [2.75, 3.05) is 0 Å². The summed E-state index contributed by atoms with van der Waals surface area (Å²) >= 11 is 0. The number of hydrogen-bond donors (Lipinski definition) is 0. The first-order chi connectivity index (χ1) is 5.70. The van der Waals surface area contributed by atoms with Crippen LogP contribution in [0.3, 0.4) is 0 Å². The standard InChI is InChI=1S/C12H22/c1-5-8-12(4)10-7-9-11(3)6-2/h6,10-11H,2,5,7-9H2,1,3-4H3/b12-10+.